The van der Waals surface area contributed by atoms with Crippen molar-refractivity contribution in [3.63, 3.8) is 0 Å². The molecule has 1 aromatic carbocycles. The van der Waals surface area contributed by atoms with Gasteiger partial charge in [0.05, 0.1) is 6.61 Å². The van der Waals surface area contributed by atoms with E-state index in [2.05, 4.69) is 44.3 Å². The Labute approximate surface area is 123 Å². The average Bonchev–Trinajstić information content (AvgIpc) is 2.91. The van der Waals surface area contributed by atoms with Crippen LogP contribution in [0.25, 0.3) is 0 Å². The van der Waals surface area contributed by atoms with Gasteiger partial charge in [-0.2, -0.15) is 0 Å². The molecule has 0 radical (unpaired) electrons. The van der Waals surface area contributed by atoms with E-state index in [1.54, 1.807) is 0 Å². The Balaban J connectivity index is 1.74. The predicted molar refractivity (Wildman–Crippen MR) is 85.6 cm³/mol. The maximum Gasteiger partial charge on any atom is 0.122 e. The number of nitrogens with one attached hydrogen (secondary N) is 1. The largest absolute Gasteiger partial charge is 0.493 e. The molecule has 1 fully saturated rings. The molecule has 0 atom stereocenters. The molecule has 0 aliphatic heterocycles. The van der Waals surface area contributed by atoms with Gasteiger partial charge in [-0.05, 0) is 55.8 Å². The monoisotopic (exact) mass is 275 g/mol. The van der Waals surface area contributed by atoms with Gasteiger partial charge >= 0.3 is 0 Å². The second-order valence-corrected chi connectivity index (χ2v) is 6.33. The first kappa shape index (κ1) is 15.4. The lowest BCUT2D eigenvalue weighted by Gasteiger charge is -2.16. The van der Waals surface area contributed by atoms with Gasteiger partial charge in [0.1, 0.15) is 5.75 Å². The zero-order chi connectivity index (χ0) is 14.4. The van der Waals surface area contributed by atoms with E-state index in [1.807, 2.05) is 0 Å². The van der Waals surface area contributed by atoms with Gasteiger partial charge in [-0.15, -0.1) is 0 Å². The number of ether oxygens (including phenoxy) is 1. The van der Waals surface area contributed by atoms with Crippen molar-refractivity contribution in [1.29, 1.82) is 0 Å². The predicted octanol–water partition coefficient (Wildman–Crippen LogP) is 4.42. The molecule has 0 heterocycles. The molecule has 1 N–H and O–H groups in total. The van der Waals surface area contributed by atoms with Crippen LogP contribution in [0.3, 0.4) is 0 Å². The summed E-state index contributed by atoms with van der Waals surface area (Å²) in [5.41, 5.74) is 2.59. The third-order valence-corrected chi connectivity index (χ3v) is 4.16. The molecule has 1 aromatic rings. The van der Waals surface area contributed by atoms with E-state index in [4.69, 9.17) is 4.74 Å². The highest BCUT2D eigenvalue weighted by molar-refractivity contribution is 5.39. The van der Waals surface area contributed by atoms with E-state index < -0.39 is 0 Å². The van der Waals surface area contributed by atoms with Gasteiger partial charge in [0.15, 0.2) is 0 Å². The normalized spacial score (nSPS) is 16.0. The van der Waals surface area contributed by atoms with Gasteiger partial charge in [-0.3, -0.25) is 0 Å². The van der Waals surface area contributed by atoms with Crippen LogP contribution in [-0.4, -0.2) is 19.2 Å². The molecule has 0 unspecified atom stereocenters. The smallest absolute Gasteiger partial charge is 0.122 e. The Bertz CT molecular complexity index is 408. The van der Waals surface area contributed by atoms with E-state index >= 15 is 0 Å². The van der Waals surface area contributed by atoms with Crippen LogP contribution < -0.4 is 10.1 Å². The summed E-state index contributed by atoms with van der Waals surface area (Å²) >= 11 is 0. The first-order chi connectivity index (χ1) is 9.66. The number of rotatable bonds is 7. The fraction of sp³-hybridized carbons (Fsp3) is 0.667. The summed E-state index contributed by atoms with van der Waals surface area (Å²) in [5.74, 6) is 1.59. The maximum atomic E-state index is 6.00. The van der Waals surface area contributed by atoms with Crippen LogP contribution in [0.4, 0.5) is 0 Å². The molecular formula is C18H29NO. The van der Waals surface area contributed by atoms with E-state index in [0.717, 1.165) is 31.4 Å². The molecule has 2 heteroatoms. The van der Waals surface area contributed by atoms with Crippen LogP contribution >= 0.6 is 0 Å². The molecule has 112 valence electrons. The van der Waals surface area contributed by atoms with Crippen molar-refractivity contribution in [2.24, 2.45) is 0 Å². The van der Waals surface area contributed by atoms with Crippen molar-refractivity contribution < 1.29 is 4.74 Å². The number of aryl methyl sites for hydroxylation is 1. The average molecular weight is 275 g/mol. The van der Waals surface area contributed by atoms with E-state index in [1.165, 1.54) is 36.8 Å². The van der Waals surface area contributed by atoms with Gasteiger partial charge in [0.2, 0.25) is 0 Å². The van der Waals surface area contributed by atoms with Gasteiger partial charge in [-0.25, -0.2) is 0 Å². The maximum absolute atomic E-state index is 6.00. The van der Waals surface area contributed by atoms with Gasteiger partial charge in [0.25, 0.3) is 0 Å². The fourth-order valence-corrected chi connectivity index (χ4v) is 2.93. The van der Waals surface area contributed by atoms with Crippen molar-refractivity contribution in [3.05, 3.63) is 29.3 Å². The second kappa shape index (κ2) is 7.68. The molecule has 0 amide bonds. The molecule has 0 bridgehead atoms. The Morgan fingerprint density at radius 1 is 1.25 bits per heavy atom. The molecule has 1 aliphatic rings. The molecule has 0 spiro atoms. The summed E-state index contributed by atoms with van der Waals surface area (Å²) in [6, 6.07) is 7.30. The van der Waals surface area contributed by atoms with Crippen LogP contribution in [0.5, 0.6) is 5.75 Å². The number of benzene rings is 1. The highest BCUT2D eigenvalue weighted by Crippen LogP contribution is 2.27. The summed E-state index contributed by atoms with van der Waals surface area (Å²) < 4.78 is 6.00. The highest BCUT2D eigenvalue weighted by atomic mass is 16.5. The summed E-state index contributed by atoms with van der Waals surface area (Å²) in [6.07, 6.45) is 6.60. The Morgan fingerprint density at radius 3 is 2.70 bits per heavy atom. The van der Waals surface area contributed by atoms with Gasteiger partial charge in [0, 0.05) is 6.04 Å². The van der Waals surface area contributed by atoms with E-state index in [9.17, 15) is 0 Å². The standard InChI is InChI=1S/C18H29NO/c1-14(2)17-10-9-15(3)13-18(17)20-12-6-11-19-16-7-4-5-8-16/h9-10,13-14,16,19H,4-8,11-12H2,1-3H3. The first-order valence-corrected chi connectivity index (χ1v) is 8.13. The van der Waals surface area contributed by atoms with Crippen LogP contribution in [-0.2, 0) is 0 Å². The SMILES string of the molecule is Cc1ccc(C(C)C)c(OCCCNC2CCCC2)c1. The quantitative estimate of drug-likeness (QED) is 0.744. The third-order valence-electron chi connectivity index (χ3n) is 4.16. The van der Waals surface area contributed by atoms with Crippen molar-refractivity contribution in [3.8, 4) is 5.75 Å². The zero-order valence-electron chi connectivity index (χ0n) is 13.2. The third kappa shape index (κ3) is 4.52. The van der Waals surface area contributed by atoms with Crippen molar-refractivity contribution >= 4 is 0 Å². The van der Waals surface area contributed by atoms with Crippen molar-refractivity contribution in [2.45, 2.75) is 64.8 Å². The minimum atomic E-state index is 0.516. The molecule has 2 nitrogen and oxygen atoms in total. The van der Waals surface area contributed by atoms with Crippen LogP contribution in [0.2, 0.25) is 0 Å². The molecule has 20 heavy (non-hydrogen) atoms. The molecule has 0 aromatic heterocycles. The summed E-state index contributed by atoms with van der Waals surface area (Å²) in [7, 11) is 0. The van der Waals surface area contributed by atoms with Crippen LogP contribution in [0.1, 0.15) is 63.0 Å². The lowest BCUT2D eigenvalue weighted by Crippen LogP contribution is -2.27. The molecule has 0 saturated heterocycles. The van der Waals surface area contributed by atoms with Crippen LogP contribution in [0, 0.1) is 6.92 Å². The lowest BCUT2D eigenvalue weighted by atomic mass is 10.0. The summed E-state index contributed by atoms with van der Waals surface area (Å²) in [4.78, 5) is 0. The highest BCUT2D eigenvalue weighted by Gasteiger charge is 2.13. The number of hydrogen-bond donors (Lipinski definition) is 1. The summed E-state index contributed by atoms with van der Waals surface area (Å²) in [5, 5.41) is 3.64. The van der Waals surface area contributed by atoms with Gasteiger partial charge in [-0.1, -0.05) is 38.8 Å². The van der Waals surface area contributed by atoms with Gasteiger partial charge < -0.3 is 10.1 Å². The topological polar surface area (TPSA) is 21.3 Å². The lowest BCUT2D eigenvalue weighted by molar-refractivity contribution is 0.300. The van der Waals surface area contributed by atoms with Crippen molar-refractivity contribution in [1.82, 2.24) is 5.32 Å². The van der Waals surface area contributed by atoms with Crippen LogP contribution in [0.15, 0.2) is 18.2 Å². The first-order valence-electron chi connectivity index (χ1n) is 8.13. The minimum Gasteiger partial charge on any atom is -0.493 e. The van der Waals surface area contributed by atoms with Crippen molar-refractivity contribution in [2.75, 3.05) is 13.2 Å². The Kier molecular flexibility index (Phi) is 5.90. The minimum absolute atomic E-state index is 0.516. The zero-order valence-corrected chi connectivity index (χ0v) is 13.2. The van der Waals surface area contributed by atoms with E-state index in [0.29, 0.717) is 5.92 Å². The van der Waals surface area contributed by atoms with E-state index in [-0.39, 0.29) is 0 Å². The molecule has 1 saturated carbocycles. The Morgan fingerprint density at radius 2 is 2.00 bits per heavy atom. The molecule has 1 aliphatic carbocycles. The number of hydrogen-bond acceptors (Lipinski definition) is 2. The fourth-order valence-electron chi connectivity index (χ4n) is 2.93. The molecular weight excluding hydrogens is 246 g/mol. The second-order valence-electron chi connectivity index (χ2n) is 6.33. The summed E-state index contributed by atoms with van der Waals surface area (Å²) in [6.45, 7) is 8.45. The Hall–Kier alpha value is -1.02. The molecule has 2 rings (SSSR count).